The molecule has 0 spiro atoms. The van der Waals surface area contributed by atoms with Crippen LogP contribution in [0.3, 0.4) is 0 Å². The number of carbonyl (C=O) groups excluding carboxylic acids is 2. The smallest absolute Gasteiger partial charge is 0.256 e. The van der Waals surface area contributed by atoms with E-state index in [9.17, 15) is 14.0 Å². The molecule has 0 N–H and O–H groups in total. The van der Waals surface area contributed by atoms with E-state index < -0.39 is 5.82 Å². The van der Waals surface area contributed by atoms with E-state index in [4.69, 9.17) is 11.6 Å². The molecular formula is C23H25ClFN3O2. The van der Waals surface area contributed by atoms with Crippen LogP contribution in [0.1, 0.15) is 28.8 Å². The fraction of sp³-hybridized carbons (Fsp3) is 0.391. The van der Waals surface area contributed by atoms with Crippen molar-refractivity contribution in [2.45, 2.75) is 25.4 Å². The number of carbonyl (C=O) groups is 2. The average molecular weight is 430 g/mol. The molecule has 2 amide bonds. The lowest BCUT2D eigenvalue weighted by Gasteiger charge is -2.42. The standard InChI is InChI=1S/C23H25ClFN3O2/c24-19-9-4-8-18(21(19)25)22(29)27-14-12-26(13-15-27)20-10-5-11-28(23(20)30)16-17-6-2-1-3-7-17/h1-4,6-9,20H,5,10-16H2/t20-/m0/s1. The SMILES string of the molecule is O=C(c1cccc(Cl)c1F)N1CCN([C@H]2CCCN(Cc3ccccc3)C2=O)CC1. The van der Waals surface area contributed by atoms with Crippen LogP contribution >= 0.6 is 11.6 Å². The van der Waals surface area contributed by atoms with Gasteiger partial charge in [-0.05, 0) is 30.5 Å². The van der Waals surface area contributed by atoms with E-state index >= 15 is 0 Å². The second-order valence-electron chi connectivity index (χ2n) is 7.83. The van der Waals surface area contributed by atoms with Crippen LogP contribution < -0.4 is 0 Å². The zero-order valence-electron chi connectivity index (χ0n) is 16.8. The summed E-state index contributed by atoms with van der Waals surface area (Å²) in [5, 5.41) is -0.0502. The Hall–Kier alpha value is -2.44. The van der Waals surface area contributed by atoms with Crippen molar-refractivity contribution in [3.63, 3.8) is 0 Å². The largest absolute Gasteiger partial charge is 0.337 e. The zero-order valence-corrected chi connectivity index (χ0v) is 17.5. The minimum atomic E-state index is -0.675. The van der Waals surface area contributed by atoms with Gasteiger partial charge in [0.2, 0.25) is 5.91 Å². The van der Waals surface area contributed by atoms with Crippen LogP contribution in [-0.2, 0) is 11.3 Å². The molecule has 5 nitrogen and oxygen atoms in total. The summed E-state index contributed by atoms with van der Waals surface area (Å²) in [6, 6.07) is 14.3. The molecule has 0 bridgehead atoms. The summed E-state index contributed by atoms with van der Waals surface area (Å²) in [7, 11) is 0. The highest BCUT2D eigenvalue weighted by Gasteiger charge is 2.35. The van der Waals surface area contributed by atoms with E-state index in [-0.39, 0.29) is 28.4 Å². The van der Waals surface area contributed by atoms with Crippen molar-refractivity contribution in [3.8, 4) is 0 Å². The fourth-order valence-corrected chi connectivity index (χ4v) is 4.47. The van der Waals surface area contributed by atoms with Crippen LogP contribution in [0.5, 0.6) is 0 Å². The first-order valence-electron chi connectivity index (χ1n) is 10.3. The summed E-state index contributed by atoms with van der Waals surface area (Å²) >= 11 is 5.81. The van der Waals surface area contributed by atoms with Gasteiger partial charge in [-0.3, -0.25) is 14.5 Å². The number of likely N-dealkylation sites (tertiary alicyclic amines) is 1. The minimum Gasteiger partial charge on any atom is -0.337 e. The maximum Gasteiger partial charge on any atom is 0.256 e. The highest BCUT2D eigenvalue weighted by atomic mass is 35.5. The van der Waals surface area contributed by atoms with Crippen molar-refractivity contribution in [1.82, 2.24) is 14.7 Å². The van der Waals surface area contributed by atoms with Gasteiger partial charge in [-0.15, -0.1) is 0 Å². The van der Waals surface area contributed by atoms with Crippen molar-refractivity contribution < 1.29 is 14.0 Å². The molecule has 2 aliphatic heterocycles. The second-order valence-corrected chi connectivity index (χ2v) is 8.24. The highest BCUT2D eigenvalue weighted by Crippen LogP contribution is 2.23. The second kappa shape index (κ2) is 9.14. The predicted molar refractivity (Wildman–Crippen MR) is 114 cm³/mol. The number of rotatable bonds is 4. The minimum absolute atomic E-state index is 0.00118. The fourth-order valence-electron chi connectivity index (χ4n) is 4.30. The number of amides is 2. The van der Waals surface area contributed by atoms with E-state index in [1.54, 1.807) is 11.0 Å². The molecular weight excluding hydrogens is 405 g/mol. The van der Waals surface area contributed by atoms with Gasteiger partial charge in [0.15, 0.2) is 5.82 Å². The molecule has 0 radical (unpaired) electrons. The summed E-state index contributed by atoms with van der Waals surface area (Å²) in [5.74, 6) is -0.869. The lowest BCUT2D eigenvalue weighted by atomic mass is 10.0. The molecule has 2 aromatic carbocycles. The number of halogens is 2. The Balaban J connectivity index is 1.37. The van der Waals surface area contributed by atoms with Gasteiger partial charge in [-0.1, -0.05) is 48.0 Å². The van der Waals surface area contributed by atoms with Crippen molar-refractivity contribution in [2.24, 2.45) is 0 Å². The van der Waals surface area contributed by atoms with Crippen molar-refractivity contribution in [1.29, 1.82) is 0 Å². The molecule has 0 aromatic heterocycles. The van der Waals surface area contributed by atoms with E-state index in [0.29, 0.717) is 32.7 Å². The molecule has 158 valence electrons. The molecule has 0 unspecified atom stereocenters. The molecule has 1 atom stereocenters. The van der Waals surface area contributed by atoms with Crippen molar-refractivity contribution >= 4 is 23.4 Å². The van der Waals surface area contributed by atoms with Crippen LogP contribution in [0.25, 0.3) is 0 Å². The summed E-state index contributed by atoms with van der Waals surface area (Å²) in [6.07, 6.45) is 1.80. The lowest BCUT2D eigenvalue weighted by molar-refractivity contribution is -0.141. The van der Waals surface area contributed by atoms with E-state index in [2.05, 4.69) is 4.90 Å². The van der Waals surface area contributed by atoms with E-state index in [1.807, 2.05) is 35.2 Å². The number of hydrogen-bond acceptors (Lipinski definition) is 3. The van der Waals surface area contributed by atoms with Gasteiger partial charge in [0.1, 0.15) is 0 Å². The Morgan fingerprint density at radius 3 is 2.47 bits per heavy atom. The Labute approximate surface area is 181 Å². The van der Waals surface area contributed by atoms with Gasteiger partial charge in [-0.2, -0.15) is 0 Å². The maximum absolute atomic E-state index is 14.2. The van der Waals surface area contributed by atoms with Crippen molar-refractivity contribution in [2.75, 3.05) is 32.7 Å². The number of benzene rings is 2. The molecule has 4 rings (SSSR count). The Bertz CT molecular complexity index is 916. The molecule has 7 heteroatoms. The third-order valence-electron chi connectivity index (χ3n) is 5.94. The molecule has 2 aromatic rings. The Kier molecular flexibility index (Phi) is 6.35. The van der Waals surface area contributed by atoms with Gasteiger partial charge >= 0.3 is 0 Å². The van der Waals surface area contributed by atoms with E-state index in [1.165, 1.54) is 12.1 Å². The summed E-state index contributed by atoms with van der Waals surface area (Å²) in [5.41, 5.74) is 1.13. The molecule has 30 heavy (non-hydrogen) atoms. The summed E-state index contributed by atoms with van der Waals surface area (Å²) < 4.78 is 14.2. The monoisotopic (exact) mass is 429 g/mol. The topological polar surface area (TPSA) is 43.9 Å². The number of piperazine rings is 1. The first-order valence-corrected chi connectivity index (χ1v) is 10.7. The molecule has 2 fully saturated rings. The highest BCUT2D eigenvalue weighted by molar-refractivity contribution is 6.31. The van der Waals surface area contributed by atoms with Crippen LogP contribution in [0, 0.1) is 5.82 Å². The third kappa shape index (κ3) is 4.35. The Morgan fingerprint density at radius 1 is 1.00 bits per heavy atom. The van der Waals surface area contributed by atoms with Gasteiger partial charge in [-0.25, -0.2) is 4.39 Å². The molecule has 2 heterocycles. The maximum atomic E-state index is 14.2. The summed E-state index contributed by atoms with van der Waals surface area (Å²) in [4.78, 5) is 31.5. The van der Waals surface area contributed by atoms with Gasteiger partial charge < -0.3 is 9.80 Å². The predicted octanol–water partition coefficient (Wildman–Crippen LogP) is 3.43. The number of nitrogens with zero attached hydrogens (tertiary/aromatic N) is 3. The first-order chi connectivity index (χ1) is 14.5. The number of piperidine rings is 1. The molecule has 0 saturated carbocycles. The Morgan fingerprint density at radius 2 is 1.73 bits per heavy atom. The van der Waals surface area contributed by atoms with Crippen LogP contribution in [0.2, 0.25) is 5.02 Å². The van der Waals surface area contributed by atoms with Gasteiger partial charge in [0, 0.05) is 39.3 Å². The lowest BCUT2D eigenvalue weighted by Crippen LogP contribution is -2.58. The molecule has 0 aliphatic carbocycles. The average Bonchev–Trinajstić information content (AvgIpc) is 2.77. The molecule has 2 aliphatic rings. The van der Waals surface area contributed by atoms with Crippen LogP contribution in [0.15, 0.2) is 48.5 Å². The van der Waals surface area contributed by atoms with Crippen LogP contribution in [-0.4, -0.2) is 65.3 Å². The quantitative estimate of drug-likeness (QED) is 0.748. The van der Waals surface area contributed by atoms with Gasteiger partial charge in [0.25, 0.3) is 5.91 Å². The number of hydrogen-bond donors (Lipinski definition) is 0. The third-order valence-corrected chi connectivity index (χ3v) is 6.23. The van der Waals surface area contributed by atoms with Gasteiger partial charge in [0.05, 0.1) is 16.6 Å². The molecule has 2 saturated heterocycles. The van der Waals surface area contributed by atoms with Crippen LogP contribution in [0.4, 0.5) is 4.39 Å². The van der Waals surface area contributed by atoms with E-state index in [0.717, 1.165) is 24.9 Å². The normalized spacial score (nSPS) is 20.5. The first kappa shape index (κ1) is 20.8. The zero-order chi connectivity index (χ0) is 21.1. The van der Waals surface area contributed by atoms with Crippen molar-refractivity contribution in [3.05, 3.63) is 70.5 Å². The summed E-state index contributed by atoms with van der Waals surface area (Å²) in [6.45, 7) is 3.53.